The first-order chi connectivity index (χ1) is 17.1. The maximum Gasteiger partial charge on any atom is 0.256 e. The molecule has 36 heavy (non-hydrogen) atoms. The van der Waals surface area contributed by atoms with Crippen molar-refractivity contribution < 1.29 is 19.5 Å². The van der Waals surface area contributed by atoms with Crippen LogP contribution in [-0.2, 0) is 28.3 Å². The van der Waals surface area contributed by atoms with Gasteiger partial charge in [-0.15, -0.1) is 0 Å². The third-order valence-electron chi connectivity index (χ3n) is 7.81. The SMILES string of the molecule is CC1(C)CN(Cc2ccc(C#N)cc2)CC[C@]1(O)c1ccc2c(n1)CN([C@@H]1CCC(=O)NC1=O)C2=O. The van der Waals surface area contributed by atoms with Crippen molar-refractivity contribution in [1.29, 1.82) is 5.26 Å². The molecule has 9 nitrogen and oxygen atoms in total. The second-order valence-corrected chi connectivity index (χ2v) is 10.6. The van der Waals surface area contributed by atoms with Gasteiger partial charge >= 0.3 is 0 Å². The van der Waals surface area contributed by atoms with Crippen LogP contribution in [0.25, 0.3) is 0 Å². The quantitative estimate of drug-likeness (QED) is 0.630. The van der Waals surface area contributed by atoms with E-state index in [0.717, 1.165) is 12.1 Å². The molecule has 2 fully saturated rings. The lowest BCUT2D eigenvalue weighted by atomic mass is 9.68. The van der Waals surface area contributed by atoms with Gasteiger partial charge in [-0.25, -0.2) is 0 Å². The zero-order valence-electron chi connectivity index (χ0n) is 20.5. The lowest BCUT2D eigenvalue weighted by Crippen LogP contribution is -2.55. The molecule has 2 N–H and O–H groups in total. The predicted octanol–water partition coefficient (Wildman–Crippen LogP) is 1.83. The average Bonchev–Trinajstić information content (AvgIpc) is 3.17. The Morgan fingerprint density at radius 3 is 2.58 bits per heavy atom. The van der Waals surface area contributed by atoms with Crippen molar-refractivity contribution in [2.24, 2.45) is 5.41 Å². The van der Waals surface area contributed by atoms with E-state index in [1.165, 1.54) is 4.90 Å². The Hall–Kier alpha value is -3.61. The maximum absolute atomic E-state index is 13.0. The van der Waals surface area contributed by atoms with Gasteiger partial charge in [-0.1, -0.05) is 26.0 Å². The number of fused-ring (bicyclic) bond motifs is 1. The zero-order valence-corrected chi connectivity index (χ0v) is 20.5. The van der Waals surface area contributed by atoms with Gasteiger partial charge in [-0.05, 0) is 42.7 Å². The summed E-state index contributed by atoms with van der Waals surface area (Å²) in [5.74, 6) is -1.06. The molecular formula is C27H29N5O4. The molecule has 5 rings (SSSR count). The number of imide groups is 1. The van der Waals surface area contributed by atoms with E-state index in [9.17, 15) is 19.5 Å². The molecule has 3 amide bonds. The Morgan fingerprint density at radius 2 is 1.92 bits per heavy atom. The third-order valence-corrected chi connectivity index (χ3v) is 7.81. The van der Waals surface area contributed by atoms with Gasteiger partial charge in [0.05, 0.1) is 35.1 Å². The summed E-state index contributed by atoms with van der Waals surface area (Å²) in [4.78, 5) is 45.4. The van der Waals surface area contributed by atoms with Crippen molar-refractivity contribution >= 4 is 17.7 Å². The van der Waals surface area contributed by atoms with Crippen LogP contribution in [0.5, 0.6) is 0 Å². The van der Waals surface area contributed by atoms with Gasteiger partial charge in [0.2, 0.25) is 11.8 Å². The fraction of sp³-hybridized carbons (Fsp3) is 0.444. The summed E-state index contributed by atoms with van der Waals surface area (Å²) >= 11 is 0. The molecule has 3 aliphatic rings. The Labute approximate surface area is 209 Å². The van der Waals surface area contributed by atoms with Crippen molar-refractivity contribution in [2.45, 2.75) is 57.8 Å². The van der Waals surface area contributed by atoms with Crippen LogP contribution in [0, 0.1) is 16.7 Å². The van der Waals surface area contributed by atoms with E-state index in [0.29, 0.717) is 48.4 Å². The number of carbonyl (C=O) groups excluding carboxylic acids is 3. The Balaban J connectivity index is 1.33. The topological polar surface area (TPSA) is 127 Å². The van der Waals surface area contributed by atoms with Gasteiger partial charge in [0.1, 0.15) is 11.6 Å². The number of rotatable bonds is 4. The highest BCUT2D eigenvalue weighted by molar-refractivity contribution is 6.05. The highest BCUT2D eigenvalue weighted by Crippen LogP contribution is 2.46. The highest BCUT2D eigenvalue weighted by Gasteiger charge is 2.50. The Morgan fingerprint density at radius 1 is 1.17 bits per heavy atom. The lowest BCUT2D eigenvalue weighted by molar-refractivity contribution is -0.137. The second kappa shape index (κ2) is 8.80. The van der Waals surface area contributed by atoms with Gasteiger partial charge in [0, 0.05) is 31.5 Å². The minimum Gasteiger partial charge on any atom is -0.383 e. The molecule has 9 heteroatoms. The zero-order chi connectivity index (χ0) is 25.7. The summed E-state index contributed by atoms with van der Waals surface area (Å²) in [7, 11) is 0. The monoisotopic (exact) mass is 487 g/mol. The molecule has 3 aliphatic heterocycles. The summed E-state index contributed by atoms with van der Waals surface area (Å²) < 4.78 is 0. The molecule has 4 heterocycles. The van der Waals surface area contributed by atoms with Crippen molar-refractivity contribution in [2.75, 3.05) is 13.1 Å². The number of nitrogens with zero attached hydrogens (tertiary/aromatic N) is 4. The number of benzene rings is 1. The van der Waals surface area contributed by atoms with Gasteiger partial charge in [0.15, 0.2) is 0 Å². The van der Waals surface area contributed by atoms with E-state index in [-0.39, 0.29) is 24.8 Å². The molecule has 0 saturated carbocycles. The number of likely N-dealkylation sites (tertiary alicyclic amines) is 1. The van der Waals surface area contributed by atoms with Crippen molar-refractivity contribution in [3.63, 3.8) is 0 Å². The van der Waals surface area contributed by atoms with Crippen LogP contribution in [0.4, 0.5) is 0 Å². The molecular weight excluding hydrogens is 458 g/mol. The molecule has 186 valence electrons. The summed E-state index contributed by atoms with van der Waals surface area (Å²) in [6, 6.07) is 12.4. The number of pyridine rings is 1. The van der Waals surface area contributed by atoms with Crippen LogP contribution in [0.3, 0.4) is 0 Å². The number of hydrogen-bond donors (Lipinski definition) is 2. The number of nitrogens with one attached hydrogen (secondary N) is 1. The number of nitriles is 1. The molecule has 2 atom stereocenters. The molecule has 1 aromatic heterocycles. The van der Waals surface area contributed by atoms with Gasteiger partial charge in [-0.2, -0.15) is 5.26 Å². The number of aliphatic hydroxyl groups is 1. The number of carbonyl (C=O) groups is 3. The van der Waals surface area contributed by atoms with E-state index in [2.05, 4.69) is 16.3 Å². The summed E-state index contributed by atoms with van der Waals surface area (Å²) in [6.07, 6.45) is 0.971. The molecule has 1 aromatic carbocycles. The minimum absolute atomic E-state index is 0.176. The number of aromatic nitrogens is 1. The summed E-state index contributed by atoms with van der Waals surface area (Å²) in [5.41, 5.74) is 1.54. The molecule has 0 radical (unpaired) electrons. The largest absolute Gasteiger partial charge is 0.383 e. The second-order valence-electron chi connectivity index (χ2n) is 10.6. The normalized spacial score (nSPS) is 25.9. The number of amides is 3. The minimum atomic E-state index is -1.19. The highest BCUT2D eigenvalue weighted by atomic mass is 16.3. The lowest BCUT2D eigenvalue weighted by Gasteiger charge is -2.50. The molecule has 2 saturated heterocycles. The molecule has 0 aliphatic carbocycles. The Bertz CT molecular complexity index is 1280. The first kappa shape index (κ1) is 24.1. The van der Waals surface area contributed by atoms with E-state index in [4.69, 9.17) is 10.2 Å². The smallest absolute Gasteiger partial charge is 0.256 e. The van der Waals surface area contributed by atoms with E-state index in [1.54, 1.807) is 12.1 Å². The van der Waals surface area contributed by atoms with E-state index in [1.807, 2.05) is 38.1 Å². The first-order valence-electron chi connectivity index (χ1n) is 12.2. The summed E-state index contributed by atoms with van der Waals surface area (Å²) in [5, 5.41) is 23.2. The van der Waals surface area contributed by atoms with Gasteiger partial charge in [0.25, 0.3) is 5.91 Å². The van der Waals surface area contributed by atoms with Crippen LogP contribution < -0.4 is 5.32 Å². The third kappa shape index (κ3) is 4.06. The van der Waals surface area contributed by atoms with Crippen molar-refractivity contribution in [3.05, 3.63) is 64.5 Å². The van der Waals surface area contributed by atoms with Crippen molar-refractivity contribution in [1.82, 2.24) is 20.1 Å². The molecule has 0 unspecified atom stereocenters. The number of piperidine rings is 2. The van der Waals surface area contributed by atoms with Crippen LogP contribution in [-0.4, -0.2) is 56.7 Å². The maximum atomic E-state index is 13.0. The molecule has 0 bridgehead atoms. The predicted molar refractivity (Wildman–Crippen MR) is 129 cm³/mol. The molecule has 0 spiro atoms. The molecule has 2 aromatic rings. The fourth-order valence-corrected chi connectivity index (χ4v) is 5.65. The van der Waals surface area contributed by atoms with E-state index >= 15 is 0 Å². The average molecular weight is 488 g/mol. The fourth-order valence-electron chi connectivity index (χ4n) is 5.65. The summed E-state index contributed by atoms with van der Waals surface area (Å²) in [6.45, 7) is 6.25. The van der Waals surface area contributed by atoms with Gasteiger partial charge < -0.3 is 10.0 Å². The van der Waals surface area contributed by atoms with Crippen LogP contribution in [0.15, 0.2) is 36.4 Å². The van der Waals surface area contributed by atoms with Crippen LogP contribution in [0.2, 0.25) is 0 Å². The van der Waals surface area contributed by atoms with Crippen molar-refractivity contribution in [3.8, 4) is 6.07 Å². The van der Waals surface area contributed by atoms with Gasteiger partial charge in [-0.3, -0.25) is 29.6 Å². The van der Waals surface area contributed by atoms with E-state index < -0.39 is 23.0 Å². The van der Waals surface area contributed by atoms with Crippen LogP contribution in [0.1, 0.15) is 66.0 Å². The standard InChI is InChI=1S/C27H29N5O4/c1-26(2)16-31(14-18-5-3-17(13-28)4-6-18)12-11-27(26,36)22-9-7-19-20(29-22)15-32(25(19)35)21-8-10-23(33)30-24(21)34/h3-7,9,21,36H,8,10-12,14-16H2,1-2H3,(H,30,33,34)/t21-,27+/m1/s1. The number of hydrogen-bond acceptors (Lipinski definition) is 7. The first-order valence-corrected chi connectivity index (χ1v) is 12.2. The van der Waals surface area contributed by atoms with Crippen LogP contribution >= 0.6 is 0 Å². The Kier molecular flexibility index (Phi) is 5.89.